The van der Waals surface area contributed by atoms with E-state index in [4.69, 9.17) is 4.42 Å². The van der Waals surface area contributed by atoms with Gasteiger partial charge in [-0.1, -0.05) is 0 Å². The van der Waals surface area contributed by atoms with Crippen molar-refractivity contribution in [2.24, 2.45) is 0 Å². The Bertz CT molecular complexity index is 304. The summed E-state index contributed by atoms with van der Waals surface area (Å²) in [4.78, 5) is 2.29. The van der Waals surface area contributed by atoms with Gasteiger partial charge in [-0.05, 0) is 38.4 Å². The van der Waals surface area contributed by atoms with E-state index in [9.17, 15) is 0 Å². The lowest BCUT2D eigenvalue weighted by molar-refractivity contribution is 0.292. The van der Waals surface area contributed by atoms with Crippen molar-refractivity contribution in [1.82, 2.24) is 10.2 Å². The van der Waals surface area contributed by atoms with Crippen molar-refractivity contribution >= 4 is 0 Å². The van der Waals surface area contributed by atoms with Crippen LogP contribution in [0.2, 0.25) is 0 Å². The van der Waals surface area contributed by atoms with E-state index >= 15 is 0 Å². The fraction of sp³-hybridized carbons (Fsp3) is 0.667. The van der Waals surface area contributed by atoms with Gasteiger partial charge in [0.25, 0.3) is 0 Å². The monoisotopic (exact) mass is 208 g/mol. The molecule has 0 aliphatic heterocycles. The molecular formula is C12H20N2O. The lowest BCUT2D eigenvalue weighted by Crippen LogP contribution is -2.30. The molecule has 3 heteroatoms. The highest BCUT2D eigenvalue weighted by molar-refractivity contribution is 5.14. The van der Waals surface area contributed by atoms with Crippen LogP contribution in [0.25, 0.3) is 0 Å². The number of likely N-dealkylation sites (N-methyl/N-ethyl adjacent to an activating group) is 1. The van der Waals surface area contributed by atoms with Crippen molar-refractivity contribution in [3.63, 3.8) is 0 Å². The van der Waals surface area contributed by atoms with Gasteiger partial charge < -0.3 is 9.73 Å². The highest BCUT2D eigenvalue weighted by atomic mass is 16.3. The molecule has 0 amide bonds. The molecule has 0 spiro atoms. The Labute approximate surface area is 91.4 Å². The molecule has 0 atom stereocenters. The smallest absolute Gasteiger partial charge is 0.120 e. The van der Waals surface area contributed by atoms with Gasteiger partial charge in [0.15, 0.2) is 0 Å². The first-order chi connectivity index (χ1) is 7.25. The Morgan fingerprint density at radius 1 is 1.53 bits per heavy atom. The maximum absolute atomic E-state index is 5.41. The number of nitrogens with one attached hydrogen (secondary N) is 1. The topological polar surface area (TPSA) is 28.4 Å². The third-order valence-electron chi connectivity index (χ3n) is 2.89. The normalized spacial score (nSPS) is 16.2. The minimum absolute atomic E-state index is 0.809. The van der Waals surface area contributed by atoms with Crippen LogP contribution in [-0.4, -0.2) is 31.1 Å². The molecule has 0 aromatic carbocycles. The van der Waals surface area contributed by atoms with Crippen molar-refractivity contribution in [3.8, 4) is 0 Å². The standard InChI is InChI=1S/C12H20N2O/c1-10-5-8-15-12(10)9-14(2)7-6-13-11-3-4-11/h5,8,11,13H,3-4,6-7,9H2,1-2H3. The summed E-state index contributed by atoms with van der Waals surface area (Å²) < 4.78 is 5.41. The summed E-state index contributed by atoms with van der Waals surface area (Å²) in [7, 11) is 2.14. The average Bonchev–Trinajstić information content (AvgIpc) is 2.93. The first-order valence-corrected chi connectivity index (χ1v) is 5.70. The molecule has 1 N–H and O–H groups in total. The SMILES string of the molecule is Cc1ccoc1CN(C)CCNC1CC1. The van der Waals surface area contributed by atoms with Gasteiger partial charge >= 0.3 is 0 Å². The molecule has 15 heavy (non-hydrogen) atoms. The van der Waals surface area contributed by atoms with Crippen molar-refractivity contribution < 1.29 is 4.42 Å². The predicted molar refractivity (Wildman–Crippen MR) is 60.8 cm³/mol. The lowest BCUT2D eigenvalue weighted by atomic mass is 10.3. The zero-order chi connectivity index (χ0) is 10.7. The molecular weight excluding hydrogens is 188 g/mol. The maximum Gasteiger partial charge on any atom is 0.120 e. The zero-order valence-electron chi connectivity index (χ0n) is 9.62. The van der Waals surface area contributed by atoms with E-state index in [-0.39, 0.29) is 0 Å². The molecule has 1 heterocycles. The van der Waals surface area contributed by atoms with Gasteiger partial charge in [-0.2, -0.15) is 0 Å². The Balaban J connectivity index is 1.67. The summed E-state index contributed by atoms with van der Waals surface area (Å²) in [5, 5.41) is 3.51. The average molecular weight is 208 g/mol. The molecule has 84 valence electrons. The molecule has 1 aromatic heterocycles. The number of hydrogen-bond acceptors (Lipinski definition) is 3. The summed E-state index contributed by atoms with van der Waals surface area (Å²) in [6.45, 7) is 5.16. The van der Waals surface area contributed by atoms with Crippen LogP contribution < -0.4 is 5.32 Å². The lowest BCUT2D eigenvalue weighted by Gasteiger charge is -2.15. The summed E-state index contributed by atoms with van der Waals surface area (Å²) in [6, 6.07) is 2.83. The number of rotatable bonds is 6. The Hall–Kier alpha value is -0.800. The number of hydrogen-bond donors (Lipinski definition) is 1. The summed E-state index contributed by atoms with van der Waals surface area (Å²) in [5.74, 6) is 1.09. The van der Waals surface area contributed by atoms with Crippen LogP contribution in [-0.2, 0) is 6.54 Å². The van der Waals surface area contributed by atoms with Crippen LogP contribution in [0.4, 0.5) is 0 Å². The molecule has 0 unspecified atom stereocenters. The van der Waals surface area contributed by atoms with E-state index in [1.165, 1.54) is 18.4 Å². The van der Waals surface area contributed by atoms with E-state index in [0.29, 0.717) is 0 Å². The quantitative estimate of drug-likeness (QED) is 0.772. The molecule has 1 aromatic rings. The second-order valence-electron chi connectivity index (χ2n) is 4.49. The molecule has 0 saturated heterocycles. The van der Waals surface area contributed by atoms with Crippen LogP contribution in [0.3, 0.4) is 0 Å². The van der Waals surface area contributed by atoms with E-state index in [2.05, 4.69) is 24.2 Å². The van der Waals surface area contributed by atoms with Crippen molar-refractivity contribution in [2.75, 3.05) is 20.1 Å². The Morgan fingerprint density at radius 3 is 2.93 bits per heavy atom. The first kappa shape index (κ1) is 10.7. The van der Waals surface area contributed by atoms with Crippen LogP contribution in [0.1, 0.15) is 24.2 Å². The third-order valence-corrected chi connectivity index (χ3v) is 2.89. The van der Waals surface area contributed by atoms with Gasteiger partial charge in [0, 0.05) is 19.1 Å². The van der Waals surface area contributed by atoms with Crippen LogP contribution >= 0.6 is 0 Å². The molecule has 3 nitrogen and oxygen atoms in total. The van der Waals surface area contributed by atoms with Crippen molar-refractivity contribution in [1.29, 1.82) is 0 Å². The second-order valence-corrected chi connectivity index (χ2v) is 4.49. The number of furan rings is 1. The van der Waals surface area contributed by atoms with Gasteiger partial charge in [0.1, 0.15) is 5.76 Å². The highest BCUT2D eigenvalue weighted by Crippen LogP contribution is 2.18. The highest BCUT2D eigenvalue weighted by Gasteiger charge is 2.19. The molecule has 2 rings (SSSR count). The van der Waals surface area contributed by atoms with Crippen LogP contribution in [0, 0.1) is 6.92 Å². The van der Waals surface area contributed by atoms with Gasteiger partial charge in [0.05, 0.1) is 12.8 Å². The third kappa shape index (κ3) is 3.36. The van der Waals surface area contributed by atoms with Crippen molar-refractivity contribution in [2.45, 2.75) is 32.4 Å². The minimum atomic E-state index is 0.809. The van der Waals surface area contributed by atoms with E-state index in [1.54, 1.807) is 6.26 Å². The van der Waals surface area contributed by atoms with Crippen LogP contribution in [0.5, 0.6) is 0 Å². The van der Waals surface area contributed by atoms with E-state index in [0.717, 1.165) is 31.4 Å². The van der Waals surface area contributed by atoms with Crippen LogP contribution in [0.15, 0.2) is 16.7 Å². The number of aryl methyl sites for hydroxylation is 1. The van der Waals surface area contributed by atoms with Gasteiger partial charge in [-0.25, -0.2) is 0 Å². The summed E-state index contributed by atoms with van der Waals surface area (Å²) >= 11 is 0. The maximum atomic E-state index is 5.41. The van der Waals surface area contributed by atoms with Gasteiger partial charge in [0.2, 0.25) is 0 Å². The molecule has 0 radical (unpaired) electrons. The largest absolute Gasteiger partial charge is 0.468 e. The zero-order valence-corrected chi connectivity index (χ0v) is 9.62. The summed E-state index contributed by atoms with van der Waals surface area (Å²) in [6.07, 6.45) is 4.49. The molecule has 1 fully saturated rings. The fourth-order valence-electron chi connectivity index (χ4n) is 1.64. The molecule has 0 bridgehead atoms. The van der Waals surface area contributed by atoms with E-state index < -0.39 is 0 Å². The second kappa shape index (κ2) is 4.81. The summed E-state index contributed by atoms with van der Waals surface area (Å²) in [5.41, 5.74) is 1.25. The van der Waals surface area contributed by atoms with Crippen molar-refractivity contribution in [3.05, 3.63) is 23.7 Å². The fourth-order valence-corrected chi connectivity index (χ4v) is 1.64. The number of nitrogens with zero attached hydrogens (tertiary/aromatic N) is 1. The molecule has 1 aliphatic carbocycles. The Morgan fingerprint density at radius 2 is 2.33 bits per heavy atom. The molecule has 1 aliphatic rings. The van der Waals surface area contributed by atoms with Gasteiger partial charge in [-0.15, -0.1) is 0 Å². The van der Waals surface area contributed by atoms with E-state index in [1.807, 2.05) is 6.07 Å². The first-order valence-electron chi connectivity index (χ1n) is 5.70. The Kier molecular flexibility index (Phi) is 3.44. The minimum Gasteiger partial charge on any atom is -0.468 e. The molecule has 1 saturated carbocycles. The van der Waals surface area contributed by atoms with Gasteiger partial charge in [-0.3, -0.25) is 4.90 Å². The predicted octanol–water partition coefficient (Wildman–Crippen LogP) is 1.77.